The van der Waals surface area contributed by atoms with Crippen LogP contribution in [0.4, 0.5) is 4.79 Å². The number of urea groups is 1. The van der Waals surface area contributed by atoms with Gasteiger partial charge in [0.15, 0.2) is 6.23 Å². The van der Waals surface area contributed by atoms with Crippen molar-refractivity contribution in [2.24, 2.45) is 10.7 Å². The van der Waals surface area contributed by atoms with Gasteiger partial charge in [0.1, 0.15) is 24.1 Å². The SMILES string of the molecule is [15NH2]C1=[15N]C(=O)[15N]([C@@H]2O[C@H](COP(=O)(O)O)C(O)C2O)CC1. The molecule has 0 aromatic carbocycles. The zero-order valence-electron chi connectivity index (χ0n) is 10.8. The highest BCUT2D eigenvalue weighted by Gasteiger charge is 2.47. The molecule has 21 heavy (non-hydrogen) atoms. The Labute approximate surface area is 119 Å². The number of hydrogen-bond donors (Lipinski definition) is 5. The van der Waals surface area contributed by atoms with E-state index in [1.165, 1.54) is 0 Å². The lowest BCUT2D eigenvalue weighted by molar-refractivity contribution is -0.0774. The fraction of sp³-hybridized carbons (Fsp3) is 0.778. The average molecular weight is 328 g/mol. The first-order valence-electron chi connectivity index (χ1n) is 6.04. The van der Waals surface area contributed by atoms with Crippen LogP contribution in [0.1, 0.15) is 6.42 Å². The minimum Gasteiger partial charge on any atom is -0.387 e. The van der Waals surface area contributed by atoms with Gasteiger partial charge < -0.3 is 30.5 Å². The molecule has 0 radical (unpaired) electrons. The molecule has 1 saturated heterocycles. The molecule has 0 aliphatic carbocycles. The molecule has 12 heteroatoms. The van der Waals surface area contributed by atoms with Crippen LogP contribution in [0.3, 0.4) is 0 Å². The van der Waals surface area contributed by atoms with Gasteiger partial charge in [-0.3, -0.25) is 9.42 Å². The number of nitrogens with zero attached hydrogens (tertiary/aromatic N) is 2. The normalized spacial score (nSPS) is 34.2. The summed E-state index contributed by atoms with van der Waals surface area (Å²) in [6, 6.07) is -0.716. The molecule has 0 aromatic rings. The van der Waals surface area contributed by atoms with Crippen molar-refractivity contribution in [3.63, 3.8) is 0 Å². The first-order chi connectivity index (χ1) is 9.69. The van der Waals surface area contributed by atoms with E-state index >= 15 is 0 Å². The van der Waals surface area contributed by atoms with Crippen LogP contribution in [0.2, 0.25) is 0 Å². The lowest BCUT2D eigenvalue weighted by Crippen LogP contribution is -2.49. The second-order valence-corrected chi connectivity index (χ2v) is 5.90. The van der Waals surface area contributed by atoms with Crippen molar-refractivity contribution in [2.75, 3.05) is 13.2 Å². The fourth-order valence-electron chi connectivity index (χ4n) is 2.10. The van der Waals surface area contributed by atoms with Gasteiger partial charge in [-0.05, 0) is 0 Å². The molecule has 2 aliphatic rings. The number of ether oxygens (including phenoxy) is 1. The molecule has 0 bridgehead atoms. The Hall–Kier alpha value is -1.07. The number of amides is 2. The average Bonchev–Trinajstić information content (AvgIpc) is 2.64. The summed E-state index contributed by atoms with van der Waals surface area (Å²) in [6.45, 7) is -0.485. The van der Waals surface area contributed by atoms with E-state index in [1.807, 2.05) is 0 Å². The van der Waals surface area contributed by atoms with E-state index in [9.17, 15) is 19.6 Å². The van der Waals surface area contributed by atoms with Crippen molar-refractivity contribution in [1.82, 2.24) is 4.90 Å². The van der Waals surface area contributed by atoms with Crippen molar-refractivity contribution >= 4 is 19.7 Å². The maximum Gasteiger partial charge on any atom is 0.469 e. The summed E-state index contributed by atoms with van der Waals surface area (Å²) >= 11 is 0. The molecule has 2 unspecified atom stereocenters. The fourth-order valence-corrected chi connectivity index (χ4v) is 2.45. The lowest BCUT2D eigenvalue weighted by Gasteiger charge is -2.31. The molecular weight excluding hydrogens is 312 g/mol. The summed E-state index contributed by atoms with van der Waals surface area (Å²) in [5, 5.41) is 19.7. The Kier molecular flexibility index (Phi) is 4.63. The number of phosphoric ester groups is 1. The number of aliphatic hydroxyl groups excluding tert-OH is 2. The molecule has 120 valence electrons. The topological polar surface area (TPSA) is 175 Å². The Morgan fingerprint density at radius 3 is 2.67 bits per heavy atom. The molecule has 1 fully saturated rings. The molecule has 6 N–H and O–H groups in total. The van der Waals surface area contributed by atoms with Gasteiger partial charge in [0.25, 0.3) is 0 Å². The zero-order valence-corrected chi connectivity index (χ0v) is 11.7. The van der Waals surface area contributed by atoms with Gasteiger partial charge in [0.2, 0.25) is 0 Å². The van der Waals surface area contributed by atoms with E-state index in [0.717, 1.165) is 4.90 Å². The highest BCUT2D eigenvalue weighted by atomic mass is 31.2. The van der Waals surface area contributed by atoms with Crippen molar-refractivity contribution in [3.05, 3.63) is 0 Å². The molecule has 2 amide bonds. The van der Waals surface area contributed by atoms with E-state index in [2.05, 4.69) is 9.52 Å². The predicted octanol–water partition coefficient (Wildman–Crippen LogP) is -2.27. The highest BCUT2D eigenvalue weighted by Crippen LogP contribution is 2.37. The third-order valence-electron chi connectivity index (χ3n) is 3.15. The van der Waals surface area contributed by atoms with Crippen LogP contribution >= 0.6 is 7.82 Å². The molecular formula is C9H16N3O8P. The van der Waals surface area contributed by atoms with Gasteiger partial charge in [-0.1, -0.05) is 0 Å². The number of nitrogens with two attached hydrogens (primary N) is 1. The lowest BCUT2D eigenvalue weighted by atomic mass is 10.1. The highest BCUT2D eigenvalue weighted by molar-refractivity contribution is 7.46. The summed E-state index contributed by atoms with van der Waals surface area (Å²) < 4.78 is 20.1. The van der Waals surface area contributed by atoms with Crippen LogP contribution in [0, 0.1) is 0 Å². The van der Waals surface area contributed by atoms with Gasteiger partial charge >= 0.3 is 13.9 Å². The number of rotatable bonds is 4. The van der Waals surface area contributed by atoms with Crippen molar-refractivity contribution < 1.29 is 38.6 Å². The maximum absolute atomic E-state index is 11.7. The predicted molar refractivity (Wildman–Crippen MR) is 67.0 cm³/mol. The minimum atomic E-state index is -4.73. The molecule has 2 rings (SSSR count). The Bertz CT molecular complexity index is 493. The van der Waals surface area contributed by atoms with Gasteiger partial charge in [-0.15, -0.1) is 0 Å². The molecule has 2 heterocycles. The van der Waals surface area contributed by atoms with Gasteiger partial charge in [0.05, 0.1) is 6.61 Å². The number of aliphatic imine (C=N–C) groups is 1. The van der Waals surface area contributed by atoms with Gasteiger partial charge in [0, 0.05) is 13.0 Å². The monoisotopic (exact) mass is 328 g/mol. The minimum absolute atomic E-state index is 0.148. The first-order valence-corrected chi connectivity index (χ1v) is 7.57. The van der Waals surface area contributed by atoms with Crippen LogP contribution in [0.25, 0.3) is 0 Å². The van der Waals surface area contributed by atoms with E-state index in [-0.39, 0.29) is 18.8 Å². The van der Waals surface area contributed by atoms with Crippen molar-refractivity contribution in [3.8, 4) is 0 Å². The van der Waals surface area contributed by atoms with Crippen LogP contribution < -0.4 is 5.73 Å². The Morgan fingerprint density at radius 2 is 2.10 bits per heavy atom. The molecule has 4 atom stereocenters. The molecule has 2 aliphatic heterocycles. The third-order valence-corrected chi connectivity index (χ3v) is 3.63. The van der Waals surface area contributed by atoms with Crippen molar-refractivity contribution in [1.29, 1.82) is 0 Å². The summed E-state index contributed by atoms with van der Waals surface area (Å²) in [5.41, 5.74) is 5.41. The Balaban J connectivity index is 2.03. The summed E-state index contributed by atoms with van der Waals surface area (Å²) in [5.74, 6) is 0.158. The van der Waals surface area contributed by atoms with Crippen LogP contribution in [0.5, 0.6) is 0 Å². The maximum atomic E-state index is 11.7. The number of aliphatic hydroxyl groups is 2. The van der Waals surface area contributed by atoms with E-state index in [0.29, 0.717) is 0 Å². The number of hydrogen-bond acceptors (Lipinski definition) is 7. The van der Waals surface area contributed by atoms with Crippen LogP contribution in [0.15, 0.2) is 4.99 Å². The number of phosphoric acid groups is 1. The van der Waals surface area contributed by atoms with Crippen molar-refractivity contribution in [2.45, 2.75) is 31.0 Å². The quantitative estimate of drug-likeness (QED) is 0.281. The van der Waals surface area contributed by atoms with Gasteiger partial charge in [-0.2, -0.15) is 4.99 Å². The first kappa shape index (κ1) is 16.3. The summed E-state index contributed by atoms with van der Waals surface area (Å²) in [4.78, 5) is 33.5. The van der Waals surface area contributed by atoms with Crippen LogP contribution in [-0.2, 0) is 13.8 Å². The number of carbonyl (C=O) groups is 1. The second kappa shape index (κ2) is 5.97. The molecule has 0 spiro atoms. The number of amidine groups is 1. The smallest absolute Gasteiger partial charge is 0.387 e. The van der Waals surface area contributed by atoms with E-state index < -0.39 is 45.0 Å². The number of carbonyl (C=O) groups excluding carboxylic acids is 1. The second-order valence-electron chi connectivity index (χ2n) is 4.66. The summed E-state index contributed by atoms with van der Waals surface area (Å²) in [6.07, 6.45) is -4.99. The van der Waals surface area contributed by atoms with E-state index in [1.54, 1.807) is 0 Å². The van der Waals surface area contributed by atoms with Gasteiger partial charge in [-0.25, -0.2) is 9.36 Å². The molecule has 0 aromatic heterocycles. The standard InChI is InChI=1S/C9H16N3O8P/c10-5-1-2-12(9(15)11-5)8-7(14)6(13)4(20-8)3-19-21(16,17)18/h4,6-8,13-14H,1-3H2,(H2,10,11,15)(H2,16,17,18)/t4-,6?,7?,8-/m1/s1/i10+1,11+1,12+1. The van der Waals surface area contributed by atoms with E-state index in [4.69, 9.17) is 20.3 Å². The van der Waals surface area contributed by atoms with Crippen LogP contribution in [-0.4, -0.2) is 74.5 Å². The molecule has 11 nitrogen and oxygen atoms in total. The zero-order chi connectivity index (χ0) is 15.8. The largest absolute Gasteiger partial charge is 0.469 e. The Morgan fingerprint density at radius 1 is 1.43 bits per heavy atom. The molecule has 0 saturated carbocycles. The summed E-state index contributed by atoms with van der Waals surface area (Å²) in [7, 11) is -4.73. The third kappa shape index (κ3) is 3.77.